The lowest BCUT2D eigenvalue weighted by Gasteiger charge is -2.72. The summed E-state index contributed by atoms with van der Waals surface area (Å²) < 4.78 is 44.3. The second-order valence-corrected chi connectivity index (χ2v) is 14.6. The van der Waals surface area contributed by atoms with Crippen LogP contribution in [0.1, 0.15) is 60.3 Å². The number of halogens is 3. The Morgan fingerprint density at radius 2 is 1.52 bits per heavy atom. The molecule has 2 spiro atoms. The Labute approximate surface area is 265 Å². The Morgan fingerprint density at radius 3 is 2.02 bits per heavy atom. The zero-order valence-corrected chi connectivity index (χ0v) is 26.9. The van der Waals surface area contributed by atoms with Crippen LogP contribution in [0, 0.1) is 34.0 Å². The zero-order valence-electron chi connectivity index (χ0n) is 26.9. The number of carbonyl (C=O) groups excluding carboxylic acids is 2. The maximum absolute atomic E-state index is 13.4. The van der Waals surface area contributed by atoms with Gasteiger partial charge in [0, 0.05) is 46.4 Å². The average molecular weight is 656 g/mol. The summed E-state index contributed by atoms with van der Waals surface area (Å²) in [6, 6.07) is -0.201. The van der Waals surface area contributed by atoms with Crippen molar-refractivity contribution in [3.05, 3.63) is 35.5 Å². The monoisotopic (exact) mass is 655 g/mol. The van der Waals surface area contributed by atoms with Gasteiger partial charge in [-0.1, -0.05) is 31.2 Å². The van der Waals surface area contributed by atoms with Crippen LogP contribution < -0.4 is 0 Å². The van der Waals surface area contributed by atoms with E-state index in [4.69, 9.17) is 19.4 Å². The van der Waals surface area contributed by atoms with Gasteiger partial charge in [-0.05, 0) is 71.8 Å². The molecule has 0 amide bonds. The van der Waals surface area contributed by atoms with Gasteiger partial charge in [0.2, 0.25) is 0 Å². The number of allylic oxidation sites excluding steroid dienone is 2. The smallest absolute Gasteiger partial charge is 0.475 e. The number of aliphatic hydroxyl groups is 3. The van der Waals surface area contributed by atoms with E-state index < -0.39 is 76.3 Å². The van der Waals surface area contributed by atoms with Crippen LogP contribution in [0.15, 0.2) is 35.5 Å². The molecule has 10 nitrogen and oxygen atoms in total. The standard InChI is InChI=1S/C31H43NO7.C2HF3O2/c1-8-15(3)26(35)38-22-20-17(5)10-29-13-19(34)31(37)28(6)11-18(33)12-30(31,25(21(20)29)32(7)14-28)24(29)23(22)39-27(36)16(4)9-2;3-2(4,5)1(6)7/h8-9,18-25,33-34,37H,5,10-14H2,1-4,6-7H3;(H,6,7)/b15-8+,16-9+;/t18-,19-,20-,21+,22+,23+,24+,25?,28-,29-,30-,31-;/m0./s1. The number of nitrogens with zero attached hydrogens (tertiary/aromatic N) is 1. The quantitative estimate of drug-likeness (QED) is 0.202. The molecule has 1 saturated heterocycles. The van der Waals surface area contributed by atoms with E-state index in [1.807, 2.05) is 6.92 Å². The van der Waals surface area contributed by atoms with Crippen LogP contribution in [0.5, 0.6) is 0 Å². The fourth-order valence-electron chi connectivity index (χ4n) is 11.1. The summed E-state index contributed by atoms with van der Waals surface area (Å²) in [5.74, 6) is -4.51. The molecule has 12 atom stereocenters. The van der Waals surface area contributed by atoms with E-state index in [1.165, 1.54) is 0 Å². The topological polar surface area (TPSA) is 154 Å². The Morgan fingerprint density at radius 1 is 1.00 bits per heavy atom. The first kappa shape index (κ1) is 34.6. The van der Waals surface area contributed by atoms with Crippen LogP contribution in [0.3, 0.4) is 0 Å². The lowest BCUT2D eigenvalue weighted by Crippen LogP contribution is -2.82. The number of aliphatic carboxylic acids is 1. The molecule has 5 saturated carbocycles. The molecule has 0 aromatic carbocycles. The molecule has 0 radical (unpaired) electrons. The molecule has 6 bridgehead atoms. The molecular formula is C33H44F3NO9. The molecule has 6 aliphatic rings. The van der Waals surface area contributed by atoms with E-state index in [2.05, 4.69) is 18.5 Å². The number of hydrogen-bond donors (Lipinski definition) is 4. The van der Waals surface area contributed by atoms with Crippen LogP contribution >= 0.6 is 0 Å². The van der Waals surface area contributed by atoms with Gasteiger partial charge >= 0.3 is 24.1 Å². The molecule has 1 unspecified atom stereocenters. The van der Waals surface area contributed by atoms with Gasteiger partial charge in [0.15, 0.2) is 0 Å². The molecule has 1 heterocycles. The molecule has 5 aliphatic carbocycles. The SMILES string of the molecule is C=C1C[C@]23C[C@H](O)[C@]4(O)[C@@]5(C)C[C@H](O)C[C@]46C([C@H]2[C@H]1[C@@H](OC(=O)/C(C)=C/C)[C@@H](OC(=O)/C(C)=C/C)[C@H]36)N(C)C5.O=C(O)C(F)(F)F. The van der Waals surface area contributed by atoms with Gasteiger partial charge in [0.05, 0.1) is 12.2 Å². The molecule has 256 valence electrons. The van der Waals surface area contributed by atoms with Crippen molar-refractivity contribution in [1.29, 1.82) is 0 Å². The third-order valence-electron chi connectivity index (χ3n) is 12.4. The minimum atomic E-state index is -5.08. The van der Waals surface area contributed by atoms with Gasteiger partial charge in [-0.2, -0.15) is 13.2 Å². The number of ether oxygens (including phenoxy) is 2. The Bertz CT molecular complexity index is 1410. The van der Waals surface area contributed by atoms with E-state index in [0.29, 0.717) is 43.4 Å². The number of alkyl halides is 3. The van der Waals surface area contributed by atoms with Crippen molar-refractivity contribution in [2.75, 3.05) is 13.6 Å². The highest BCUT2D eigenvalue weighted by atomic mass is 19.4. The predicted molar refractivity (Wildman–Crippen MR) is 157 cm³/mol. The van der Waals surface area contributed by atoms with Gasteiger partial charge < -0.3 is 34.8 Å². The second kappa shape index (κ2) is 10.9. The Kier molecular flexibility index (Phi) is 8.19. The van der Waals surface area contributed by atoms with Gasteiger partial charge in [-0.15, -0.1) is 0 Å². The van der Waals surface area contributed by atoms with Gasteiger partial charge in [-0.3, -0.25) is 0 Å². The summed E-state index contributed by atoms with van der Waals surface area (Å²) in [5.41, 5.74) is -1.88. The van der Waals surface area contributed by atoms with E-state index in [-0.39, 0.29) is 17.9 Å². The van der Waals surface area contributed by atoms with Crippen LogP contribution in [-0.4, -0.2) is 99.1 Å². The highest BCUT2D eigenvalue weighted by Crippen LogP contribution is 2.84. The van der Waals surface area contributed by atoms with Gasteiger partial charge in [-0.25, -0.2) is 14.4 Å². The number of rotatable bonds is 4. The number of likely N-dealkylation sites (tertiary alicyclic amines) is 1. The molecule has 6 rings (SSSR count). The minimum absolute atomic E-state index is 0.0694. The number of carbonyl (C=O) groups is 3. The molecule has 4 N–H and O–H groups in total. The molecule has 0 aromatic rings. The van der Waals surface area contributed by atoms with Crippen LogP contribution in [0.25, 0.3) is 0 Å². The Balaban J connectivity index is 0.000000537. The molecular weight excluding hydrogens is 611 g/mol. The van der Waals surface area contributed by atoms with Gasteiger partial charge in [0.1, 0.15) is 17.8 Å². The maximum atomic E-state index is 13.4. The number of esters is 2. The first-order valence-electron chi connectivity index (χ1n) is 15.6. The largest absolute Gasteiger partial charge is 0.490 e. The van der Waals surface area contributed by atoms with Crippen LogP contribution in [-0.2, 0) is 23.9 Å². The molecule has 13 heteroatoms. The summed E-state index contributed by atoms with van der Waals surface area (Å²) in [5, 5.41) is 43.2. The third kappa shape index (κ3) is 4.33. The number of carboxylic acids is 1. The van der Waals surface area contributed by atoms with Crippen molar-refractivity contribution in [1.82, 2.24) is 4.90 Å². The van der Waals surface area contributed by atoms with E-state index in [0.717, 1.165) is 5.57 Å². The van der Waals surface area contributed by atoms with Crippen molar-refractivity contribution < 1.29 is 57.5 Å². The number of carboxylic acid groups (broad SMARTS) is 1. The molecule has 6 fully saturated rings. The zero-order chi connectivity index (χ0) is 34.5. The second-order valence-electron chi connectivity index (χ2n) is 14.6. The third-order valence-corrected chi connectivity index (χ3v) is 12.4. The fourth-order valence-corrected chi connectivity index (χ4v) is 11.1. The van der Waals surface area contributed by atoms with E-state index in [9.17, 15) is 38.1 Å². The van der Waals surface area contributed by atoms with Gasteiger partial charge in [0.25, 0.3) is 0 Å². The normalized spacial score (nSPS) is 45.9. The molecule has 0 aromatic heterocycles. The summed E-state index contributed by atoms with van der Waals surface area (Å²) in [7, 11) is 2.07. The van der Waals surface area contributed by atoms with Crippen LogP contribution in [0.4, 0.5) is 13.2 Å². The highest BCUT2D eigenvalue weighted by molar-refractivity contribution is 5.89. The van der Waals surface area contributed by atoms with Crippen LogP contribution in [0.2, 0.25) is 0 Å². The van der Waals surface area contributed by atoms with Crippen molar-refractivity contribution in [2.24, 2.45) is 34.0 Å². The molecule has 46 heavy (non-hydrogen) atoms. The maximum Gasteiger partial charge on any atom is 0.490 e. The molecule has 1 aliphatic heterocycles. The first-order chi connectivity index (χ1) is 21.2. The number of piperidine rings is 1. The lowest BCUT2D eigenvalue weighted by atomic mass is 9.38. The van der Waals surface area contributed by atoms with Crippen molar-refractivity contribution in [2.45, 2.75) is 103 Å². The lowest BCUT2D eigenvalue weighted by molar-refractivity contribution is -0.342. The summed E-state index contributed by atoms with van der Waals surface area (Å²) in [4.78, 5) is 37.8. The highest BCUT2D eigenvalue weighted by Gasteiger charge is 2.90. The van der Waals surface area contributed by atoms with Crippen molar-refractivity contribution >= 4 is 17.9 Å². The summed E-state index contributed by atoms with van der Waals surface area (Å²) in [6.07, 6.45) is -3.36. The minimum Gasteiger partial charge on any atom is -0.475 e. The predicted octanol–water partition coefficient (Wildman–Crippen LogP) is 3.15. The fraction of sp³-hybridized carbons (Fsp3) is 0.727. The van der Waals surface area contributed by atoms with Crippen molar-refractivity contribution in [3.8, 4) is 0 Å². The number of hydrogen-bond acceptors (Lipinski definition) is 9. The van der Waals surface area contributed by atoms with Crippen molar-refractivity contribution in [3.63, 3.8) is 0 Å². The van der Waals surface area contributed by atoms with E-state index in [1.54, 1.807) is 39.8 Å². The summed E-state index contributed by atoms with van der Waals surface area (Å²) >= 11 is 0. The summed E-state index contributed by atoms with van der Waals surface area (Å²) in [6.45, 7) is 13.9. The average Bonchev–Trinajstić information content (AvgIpc) is 3.23. The first-order valence-corrected chi connectivity index (χ1v) is 15.6. The Hall–Kier alpha value is -2.74. The van der Waals surface area contributed by atoms with E-state index >= 15 is 0 Å². The number of aliphatic hydroxyl groups excluding tert-OH is 2.